The van der Waals surface area contributed by atoms with Gasteiger partial charge < -0.3 is 9.73 Å². The van der Waals surface area contributed by atoms with Crippen molar-refractivity contribution in [3.63, 3.8) is 0 Å². The van der Waals surface area contributed by atoms with Gasteiger partial charge in [-0.05, 0) is 44.5 Å². The van der Waals surface area contributed by atoms with E-state index in [-0.39, 0.29) is 12.5 Å². The summed E-state index contributed by atoms with van der Waals surface area (Å²) in [6.07, 6.45) is 0. The van der Waals surface area contributed by atoms with Crippen molar-refractivity contribution in [1.29, 1.82) is 5.26 Å². The highest BCUT2D eigenvalue weighted by molar-refractivity contribution is 6.07. The van der Waals surface area contributed by atoms with Crippen LogP contribution in [0.1, 0.15) is 35.1 Å². The highest BCUT2D eigenvalue weighted by Gasteiger charge is 2.50. The summed E-state index contributed by atoms with van der Waals surface area (Å²) in [5, 5.41) is 11.6. The molecule has 0 spiro atoms. The number of amides is 3. The quantitative estimate of drug-likeness (QED) is 0.880. The number of urea groups is 1. The molecule has 1 aliphatic rings. The first-order valence-electron chi connectivity index (χ1n) is 7.56. The molecule has 3 amide bonds. The molecule has 0 aliphatic carbocycles. The Labute approximate surface area is 139 Å². The number of rotatable bonds is 3. The maximum absolute atomic E-state index is 12.9. The number of hydrogen-bond donors (Lipinski definition) is 1. The van der Waals surface area contributed by atoms with Gasteiger partial charge in [0.15, 0.2) is 0 Å². The van der Waals surface area contributed by atoms with Crippen molar-refractivity contribution in [3.05, 3.63) is 58.5 Å². The van der Waals surface area contributed by atoms with Gasteiger partial charge in [0, 0.05) is 5.56 Å². The second kappa shape index (κ2) is 5.53. The van der Waals surface area contributed by atoms with E-state index in [4.69, 9.17) is 9.68 Å². The Hall–Kier alpha value is -3.07. The Kier molecular flexibility index (Phi) is 3.64. The molecule has 1 aromatic carbocycles. The molecule has 6 heteroatoms. The number of hydrogen-bond acceptors (Lipinski definition) is 4. The van der Waals surface area contributed by atoms with Crippen molar-refractivity contribution in [2.75, 3.05) is 0 Å². The number of furan rings is 1. The largest absolute Gasteiger partial charge is 0.466 e. The Balaban J connectivity index is 1.88. The Morgan fingerprint density at radius 2 is 1.92 bits per heavy atom. The smallest absolute Gasteiger partial charge is 0.325 e. The van der Waals surface area contributed by atoms with Gasteiger partial charge in [0.1, 0.15) is 17.1 Å². The van der Waals surface area contributed by atoms with Crippen molar-refractivity contribution in [1.82, 2.24) is 10.2 Å². The van der Waals surface area contributed by atoms with Gasteiger partial charge in [-0.2, -0.15) is 5.26 Å². The third-order valence-corrected chi connectivity index (χ3v) is 4.28. The van der Waals surface area contributed by atoms with E-state index in [2.05, 4.69) is 5.32 Å². The SMILES string of the molecule is Cc1cc([C@@]2(C)NC(=O)N(Cc3ccc(C#N)cc3)C2=O)c(C)o1. The maximum atomic E-state index is 12.9. The number of nitriles is 1. The lowest BCUT2D eigenvalue weighted by Crippen LogP contribution is -2.41. The minimum atomic E-state index is -1.13. The van der Waals surface area contributed by atoms with E-state index in [1.807, 2.05) is 6.07 Å². The van der Waals surface area contributed by atoms with Crippen LogP contribution in [0.25, 0.3) is 0 Å². The van der Waals surface area contributed by atoms with Crippen LogP contribution in [0.3, 0.4) is 0 Å². The Morgan fingerprint density at radius 1 is 1.25 bits per heavy atom. The van der Waals surface area contributed by atoms with Crippen LogP contribution in [0.15, 0.2) is 34.7 Å². The van der Waals surface area contributed by atoms with E-state index in [1.54, 1.807) is 51.1 Å². The van der Waals surface area contributed by atoms with Crippen LogP contribution < -0.4 is 5.32 Å². The van der Waals surface area contributed by atoms with E-state index in [9.17, 15) is 9.59 Å². The molecule has 0 saturated carbocycles. The topological polar surface area (TPSA) is 86.3 Å². The summed E-state index contributed by atoms with van der Waals surface area (Å²) in [4.78, 5) is 26.4. The standard InChI is InChI=1S/C18H17N3O3/c1-11-8-15(12(2)24-11)18(3)16(22)21(17(23)20-18)10-14-6-4-13(9-19)5-7-14/h4-8H,10H2,1-3H3,(H,20,23)/t18-/m1/s1. The molecule has 1 fully saturated rings. The van der Waals surface area contributed by atoms with Gasteiger partial charge in [0.2, 0.25) is 0 Å². The summed E-state index contributed by atoms with van der Waals surface area (Å²) in [6.45, 7) is 5.41. The summed E-state index contributed by atoms with van der Waals surface area (Å²) in [5.74, 6) is 0.987. The van der Waals surface area contributed by atoms with Gasteiger partial charge in [-0.25, -0.2) is 4.79 Å². The van der Waals surface area contributed by atoms with Crippen molar-refractivity contribution in [2.45, 2.75) is 32.9 Å². The zero-order chi connectivity index (χ0) is 17.5. The number of nitrogens with one attached hydrogen (secondary N) is 1. The Bertz CT molecular complexity index is 861. The van der Waals surface area contributed by atoms with Crippen LogP contribution in [0.2, 0.25) is 0 Å². The maximum Gasteiger partial charge on any atom is 0.325 e. The molecule has 2 heterocycles. The molecule has 0 radical (unpaired) electrons. The van der Waals surface area contributed by atoms with Crippen LogP contribution in [-0.2, 0) is 16.9 Å². The van der Waals surface area contributed by atoms with Gasteiger partial charge >= 0.3 is 6.03 Å². The predicted molar refractivity (Wildman–Crippen MR) is 85.8 cm³/mol. The molecule has 24 heavy (non-hydrogen) atoms. The monoisotopic (exact) mass is 323 g/mol. The number of benzene rings is 1. The number of carbonyl (C=O) groups excluding carboxylic acids is 2. The molecule has 1 atom stereocenters. The molecule has 2 aromatic rings. The van der Waals surface area contributed by atoms with Crippen molar-refractivity contribution in [3.8, 4) is 6.07 Å². The molecule has 1 aliphatic heterocycles. The zero-order valence-electron chi connectivity index (χ0n) is 13.7. The molecule has 1 N–H and O–H groups in total. The first-order chi connectivity index (χ1) is 11.3. The summed E-state index contributed by atoms with van der Waals surface area (Å²) in [7, 11) is 0. The third-order valence-electron chi connectivity index (χ3n) is 4.28. The van der Waals surface area contributed by atoms with Crippen LogP contribution in [0.5, 0.6) is 0 Å². The fourth-order valence-electron chi connectivity index (χ4n) is 3.02. The first kappa shape index (κ1) is 15.8. The van der Waals surface area contributed by atoms with Gasteiger partial charge in [0.25, 0.3) is 5.91 Å². The Morgan fingerprint density at radius 3 is 2.46 bits per heavy atom. The minimum absolute atomic E-state index is 0.155. The lowest BCUT2D eigenvalue weighted by Gasteiger charge is -2.21. The van der Waals surface area contributed by atoms with Gasteiger partial charge in [-0.3, -0.25) is 9.69 Å². The summed E-state index contributed by atoms with van der Waals surface area (Å²) >= 11 is 0. The highest BCUT2D eigenvalue weighted by Crippen LogP contribution is 2.33. The molecular formula is C18H17N3O3. The van der Waals surface area contributed by atoms with E-state index < -0.39 is 11.6 Å². The summed E-state index contributed by atoms with van der Waals surface area (Å²) in [6, 6.07) is 10.2. The van der Waals surface area contributed by atoms with E-state index in [0.717, 1.165) is 5.56 Å². The van der Waals surface area contributed by atoms with Crippen LogP contribution >= 0.6 is 0 Å². The van der Waals surface area contributed by atoms with Crippen molar-refractivity contribution in [2.24, 2.45) is 0 Å². The van der Waals surface area contributed by atoms with Crippen LogP contribution in [0.4, 0.5) is 4.79 Å². The van der Waals surface area contributed by atoms with Gasteiger partial charge in [-0.1, -0.05) is 12.1 Å². The molecule has 6 nitrogen and oxygen atoms in total. The highest BCUT2D eigenvalue weighted by atomic mass is 16.3. The number of aryl methyl sites for hydroxylation is 2. The number of imide groups is 1. The lowest BCUT2D eigenvalue weighted by molar-refractivity contribution is -0.131. The third kappa shape index (κ3) is 2.44. The molecule has 1 aromatic heterocycles. The first-order valence-corrected chi connectivity index (χ1v) is 7.56. The predicted octanol–water partition coefficient (Wildman–Crippen LogP) is 2.74. The molecule has 0 bridgehead atoms. The fourth-order valence-corrected chi connectivity index (χ4v) is 3.02. The average Bonchev–Trinajstić information content (AvgIpc) is 3.00. The minimum Gasteiger partial charge on any atom is -0.466 e. The van der Waals surface area contributed by atoms with Crippen LogP contribution in [-0.4, -0.2) is 16.8 Å². The fraction of sp³-hybridized carbons (Fsp3) is 0.278. The molecule has 3 rings (SSSR count). The van der Waals surface area contributed by atoms with E-state index in [0.29, 0.717) is 22.6 Å². The normalized spacial score (nSPS) is 20.2. The van der Waals surface area contributed by atoms with Gasteiger partial charge in [-0.15, -0.1) is 0 Å². The van der Waals surface area contributed by atoms with E-state index in [1.165, 1.54) is 4.90 Å². The zero-order valence-corrected chi connectivity index (χ0v) is 13.7. The van der Waals surface area contributed by atoms with Crippen LogP contribution in [0, 0.1) is 25.2 Å². The number of nitrogens with zero attached hydrogens (tertiary/aromatic N) is 2. The second-order valence-corrected chi connectivity index (χ2v) is 6.08. The molecule has 1 saturated heterocycles. The average molecular weight is 323 g/mol. The molecular weight excluding hydrogens is 306 g/mol. The second-order valence-electron chi connectivity index (χ2n) is 6.08. The lowest BCUT2D eigenvalue weighted by atomic mass is 9.92. The van der Waals surface area contributed by atoms with Crippen molar-refractivity contribution < 1.29 is 14.0 Å². The van der Waals surface area contributed by atoms with E-state index >= 15 is 0 Å². The summed E-state index contributed by atoms with van der Waals surface area (Å²) in [5.41, 5.74) is 0.846. The molecule has 0 unspecified atom stereocenters. The number of carbonyl (C=O) groups is 2. The molecule has 122 valence electrons. The van der Waals surface area contributed by atoms with Crippen molar-refractivity contribution >= 4 is 11.9 Å². The van der Waals surface area contributed by atoms with Gasteiger partial charge in [0.05, 0.1) is 18.2 Å². The summed E-state index contributed by atoms with van der Waals surface area (Å²) < 4.78 is 5.50.